The van der Waals surface area contributed by atoms with Gasteiger partial charge in [0, 0.05) is 26.1 Å². The number of esters is 1. The summed E-state index contributed by atoms with van der Waals surface area (Å²) < 4.78 is 14.3. The summed E-state index contributed by atoms with van der Waals surface area (Å²) in [6.45, 7) is 2.60. The lowest BCUT2D eigenvalue weighted by Crippen LogP contribution is -2.45. The topological polar surface area (TPSA) is 87.9 Å². The Balaban J connectivity index is 4.63. The quantitative estimate of drug-likeness (QED) is 0.275. The zero-order valence-electron chi connectivity index (χ0n) is 9.13. The van der Waals surface area contributed by atoms with Crippen LogP contribution in [-0.4, -0.2) is 43.5 Å². The third-order valence-corrected chi connectivity index (χ3v) is 1.82. The molecule has 0 aliphatic carbocycles. The average molecular weight is 221 g/mol. The van der Waals surface area contributed by atoms with Gasteiger partial charge in [-0.25, -0.2) is 0 Å². The molecule has 7 heteroatoms. The molecule has 2 atom stereocenters. The highest BCUT2D eigenvalue weighted by Gasteiger charge is 2.39. The molecule has 0 spiro atoms. The van der Waals surface area contributed by atoms with Crippen LogP contribution in [-0.2, 0) is 19.0 Å². The molecule has 0 saturated carbocycles. The van der Waals surface area contributed by atoms with E-state index in [2.05, 4.69) is 0 Å². The first-order valence-electron chi connectivity index (χ1n) is 4.30. The van der Waals surface area contributed by atoms with Gasteiger partial charge in [-0.05, 0) is 6.92 Å². The minimum Gasteiger partial charge on any atom is -0.455 e. The zero-order valence-corrected chi connectivity index (χ0v) is 9.13. The van der Waals surface area contributed by atoms with Gasteiger partial charge in [-0.3, -0.25) is 14.9 Å². The summed E-state index contributed by atoms with van der Waals surface area (Å²) in [5, 5.41) is 10.7. The average Bonchev–Trinajstić information content (AvgIpc) is 2.11. The van der Waals surface area contributed by atoms with Gasteiger partial charge in [0.25, 0.3) is 6.04 Å². The van der Waals surface area contributed by atoms with Crippen molar-refractivity contribution in [3.63, 3.8) is 0 Å². The maximum Gasteiger partial charge on any atom is 0.303 e. The Morgan fingerprint density at radius 1 is 1.33 bits per heavy atom. The fraction of sp³-hybridized carbons (Fsp3) is 0.875. The molecule has 0 rings (SSSR count). The lowest BCUT2D eigenvalue weighted by Gasteiger charge is -2.22. The fourth-order valence-corrected chi connectivity index (χ4v) is 1.20. The molecule has 15 heavy (non-hydrogen) atoms. The molecule has 0 aromatic rings. The Morgan fingerprint density at radius 3 is 2.07 bits per heavy atom. The van der Waals surface area contributed by atoms with Crippen LogP contribution in [0.5, 0.6) is 0 Å². The van der Waals surface area contributed by atoms with Crippen LogP contribution in [0.1, 0.15) is 13.8 Å². The number of nitrogens with zero attached hydrogens (tertiary/aromatic N) is 1. The van der Waals surface area contributed by atoms with Crippen LogP contribution < -0.4 is 0 Å². The van der Waals surface area contributed by atoms with E-state index < -0.39 is 29.3 Å². The standard InChI is InChI=1S/C8H15NO6/c1-5(15-6(2)10)7(9(11)12)8(13-3)14-4/h5,7-8H,1-4H3. The van der Waals surface area contributed by atoms with Crippen molar-refractivity contribution in [2.75, 3.05) is 14.2 Å². The number of rotatable bonds is 6. The van der Waals surface area contributed by atoms with Crippen LogP contribution >= 0.6 is 0 Å². The zero-order chi connectivity index (χ0) is 12.0. The molecule has 0 amide bonds. The summed E-state index contributed by atoms with van der Waals surface area (Å²) in [7, 11) is 2.57. The van der Waals surface area contributed by atoms with E-state index in [1.165, 1.54) is 28.1 Å². The Kier molecular flexibility index (Phi) is 5.80. The monoisotopic (exact) mass is 221 g/mol. The van der Waals surface area contributed by atoms with Gasteiger partial charge in [-0.1, -0.05) is 0 Å². The first-order valence-corrected chi connectivity index (χ1v) is 4.30. The van der Waals surface area contributed by atoms with Crippen molar-refractivity contribution in [1.82, 2.24) is 0 Å². The Labute approximate surface area is 87.4 Å². The lowest BCUT2D eigenvalue weighted by molar-refractivity contribution is -0.558. The van der Waals surface area contributed by atoms with E-state index in [4.69, 9.17) is 14.2 Å². The molecule has 0 bridgehead atoms. The Bertz CT molecular complexity index is 227. The van der Waals surface area contributed by atoms with Crippen LogP contribution in [0.3, 0.4) is 0 Å². The van der Waals surface area contributed by atoms with Crippen molar-refractivity contribution in [1.29, 1.82) is 0 Å². The van der Waals surface area contributed by atoms with Gasteiger partial charge in [0.05, 0.1) is 0 Å². The lowest BCUT2D eigenvalue weighted by atomic mass is 10.2. The highest BCUT2D eigenvalue weighted by atomic mass is 16.7. The van der Waals surface area contributed by atoms with Crippen molar-refractivity contribution in [3.05, 3.63) is 10.1 Å². The summed E-state index contributed by atoms with van der Waals surface area (Å²) in [5.41, 5.74) is 0. The van der Waals surface area contributed by atoms with Gasteiger partial charge in [0.2, 0.25) is 6.29 Å². The van der Waals surface area contributed by atoms with Gasteiger partial charge in [-0.2, -0.15) is 0 Å². The molecule has 0 aromatic carbocycles. The second kappa shape index (κ2) is 6.31. The molecule has 0 aliphatic rings. The van der Waals surface area contributed by atoms with Crippen LogP contribution in [0.4, 0.5) is 0 Å². The van der Waals surface area contributed by atoms with Gasteiger partial charge in [-0.15, -0.1) is 0 Å². The van der Waals surface area contributed by atoms with Crippen LogP contribution in [0, 0.1) is 10.1 Å². The van der Waals surface area contributed by atoms with Gasteiger partial charge in [0.1, 0.15) is 0 Å². The van der Waals surface area contributed by atoms with Gasteiger partial charge >= 0.3 is 5.97 Å². The summed E-state index contributed by atoms with van der Waals surface area (Å²) in [6.07, 6.45) is -1.96. The third kappa shape index (κ3) is 4.22. The summed E-state index contributed by atoms with van der Waals surface area (Å²) in [6, 6.07) is -1.25. The molecular weight excluding hydrogens is 206 g/mol. The minimum absolute atomic E-state index is 0.583. The van der Waals surface area contributed by atoms with Crippen molar-refractivity contribution in [2.24, 2.45) is 0 Å². The molecule has 0 N–H and O–H groups in total. The van der Waals surface area contributed by atoms with E-state index in [0.29, 0.717) is 0 Å². The number of carbonyl (C=O) groups excluding carboxylic acids is 1. The Hall–Kier alpha value is -1.21. The van der Waals surface area contributed by atoms with Gasteiger partial charge in [0.15, 0.2) is 6.10 Å². The third-order valence-electron chi connectivity index (χ3n) is 1.82. The number of nitro groups is 1. The normalized spacial score (nSPS) is 14.7. The van der Waals surface area contributed by atoms with Crippen LogP contribution in [0.15, 0.2) is 0 Å². The molecule has 0 aliphatic heterocycles. The van der Waals surface area contributed by atoms with Crippen molar-refractivity contribution < 1.29 is 23.9 Å². The molecule has 0 radical (unpaired) electrons. The van der Waals surface area contributed by atoms with E-state index in [-0.39, 0.29) is 0 Å². The number of methoxy groups -OCH3 is 2. The number of hydrogen-bond donors (Lipinski definition) is 0. The largest absolute Gasteiger partial charge is 0.455 e. The van der Waals surface area contributed by atoms with E-state index in [0.717, 1.165) is 0 Å². The molecule has 0 fully saturated rings. The predicted molar refractivity (Wildman–Crippen MR) is 49.8 cm³/mol. The molecule has 0 heterocycles. The first kappa shape index (κ1) is 13.8. The summed E-state index contributed by atoms with van der Waals surface area (Å²) in [4.78, 5) is 20.8. The minimum atomic E-state index is -1.25. The number of carbonyl (C=O) groups is 1. The Morgan fingerprint density at radius 2 is 1.80 bits per heavy atom. The highest BCUT2D eigenvalue weighted by molar-refractivity contribution is 5.66. The molecule has 88 valence electrons. The number of hydrogen-bond acceptors (Lipinski definition) is 6. The second-order valence-electron chi connectivity index (χ2n) is 2.93. The SMILES string of the molecule is COC(OC)C(C(C)OC(C)=O)[N+](=O)[O-]. The summed E-state index contributed by atoms with van der Waals surface area (Å²) in [5.74, 6) is -0.583. The smallest absolute Gasteiger partial charge is 0.303 e. The molecule has 2 unspecified atom stereocenters. The first-order chi connectivity index (χ1) is 6.93. The van der Waals surface area contributed by atoms with E-state index >= 15 is 0 Å². The molecule has 0 aromatic heterocycles. The van der Waals surface area contributed by atoms with E-state index in [1.54, 1.807) is 0 Å². The van der Waals surface area contributed by atoms with Crippen molar-refractivity contribution >= 4 is 5.97 Å². The van der Waals surface area contributed by atoms with Crippen LogP contribution in [0.2, 0.25) is 0 Å². The maximum atomic E-state index is 10.7. The maximum absolute atomic E-state index is 10.7. The van der Waals surface area contributed by atoms with E-state index in [9.17, 15) is 14.9 Å². The fourth-order valence-electron chi connectivity index (χ4n) is 1.20. The predicted octanol–water partition coefficient (Wildman–Crippen LogP) is 0.202. The molecular formula is C8H15NO6. The van der Waals surface area contributed by atoms with Crippen molar-refractivity contribution in [2.45, 2.75) is 32.3 Å². The van der Waals surface area contributed by atoms with E-state index in [1.807, 2.05) is 0 Å². The van der Waals surface area contributed by atoms with Gasteiger partial charge < -0.3 is 14.2 Å². The van der Waals surface area contributed by atoms with Crippen molar-refractivity contribution in [3.8, 4) is 0 Å². The molecule has 7 nitrogen and oxygen atoms in total. The summed E-state index contributed by atoms with van der Waals surface area (Å²) >= 11 is 0. The highest BCUT2D eigenvalue weighted by Crippen LogP contribution is 2.11. The number of ether oxygens (including phenoxy) is 3. The second-order valence-corrected chi connectivity index (χ2v) is 2.93. The molecule has 0 saturated heterocycles. The van der Waals surface area contributed by atoms with Crippen LogP contribution in [0.25, 0.3) is 0 Å².